The molecule has 2 fully saturated rings. The maximum Gasteiger partial charge on any atom is 0.220 e. The van der Waals surface area contributed by atoms with Gasteiger partial charge >= 0.3 is 0 Å². The predicted octanol–water partition coefficient (Wildman–Crippen LogP) is 2.68. The van der Waals surface area contributed by atoms with Gasteiger partial charge in [-0.05, 0) is 42.9 Å². The second-order valence-corrected chi connectivity index (χ2v) is 9.66. The van der Waals surface area contributed by atoms with Gasteiger partial charge in [-0.3, -0.25) is 9.69 Å². The van der Waals surface area contributed by atoms with Crippen molar-refractivity contribution in [2.24, 2.45) is 0 Å². The van der Waals surface area contributed by atoms with E-state index in [-0.39, 0.29) is 17.9 Å². The fraction of sp³-hybridized carbons (Fsp3) is 0.542. The first-order valence-electron chi connectivity index (χ1n) is 11.6. The molecule has 2 unspecified atom stereocenters. The molecule has 4 atom stereocenters. The van der Waals surface area contributed by atoms with Crippen LogP contribution in [0.25, 0.3) is 0 Å². The first-order chi connectivity index (χ1) is 15.5. The number of anilines is 1. The summed E-state index contributed by atoms with van der Waals surface area (Å²) in [5, 5.41) is 15.2. The Labute approximate surface area is 193 Å². The van der Waals surface area contributed by atoms with E-state index in [0.717, 1.165) is 56.8 Å². The lowest BCUT2D eigenvalue weighted by atomic mass is 9.88. The number of aliphatic hydroxyl groups excluding tert-OH is 1. The molecular weight excluding hydrogens is 426 g/mol. The van der Waals surface area contributed by atoms with Crippen LogP contribution in [0.2, 0.25) is 5.02 Å². The number of halogens is 1. The normalized spacial score (nSPS) is 25.5. The molecule has 3 aliphatic rings. The van der Waals surface area contributed by atoms with Crippen LogP contribution in [0.3, 0.4) is 0 Å². The third kappa shape index (κ3) is 4.09. The van der Waals surface area contributed by atoms with E-state index in [4.69, 9.17) is 11.6 Å². The number of hydrogen-bond donors (Lipinski definition) is 2. The van der Waals surface area contributed by atoms with Crippen LogP contribution in [0.1, 0.15) is 54.8 Å². The molecule has 0 spiro atoms. The second kappa shape index (κ2) is 8.96. The molecule has 1 aromatic carbocycles. The maximum absolute atomic E-state index is 11.9. The van der Waals surface area contributed by atoms with Gasteiger partial charge in [-0.25, -0.2) is 9.97 Å². The van der Waals surface area contributed by atoms with E-state index in [2.05, 4.69) is 32.0 Å². The van der Waals surface area contributed by atoms with E-state index in [1.54, 1.807) is 6.33 Å². The Balaban J connectivity index is 1.32. The van der Waals surface area contributed by atoms with Gasteiger partial charge < -0.3 is 15.3 Å². The van der Waals surface area contributed by atoms with E-state index in [1.807, 2.05) is 24.3 Å². The number of nitrogens with one attached hydrogen (secondary N) is 1. The van der Waals surface area contributed by atoms with Gasteiger partial charge in [-0.1, -0.05) is 30.7 Å². The van der Waals surface area contributed by atoms with Crippen LogP contribution in [0.15, 0.2) is 30.6 Å². The highest BCUT2D eigenvalue weighted by molar-refractivity contribution is 6.30. The summed E-state index contributed by atoms with van der Waals surface area (Å²) < 4.78 is 0. The maximum atomic E-state index is 11.9. The number of benzene rings is 1. The average molecular weight is 456 g/mol. The Kier molecular flexibility index (Phi) is 6.05. The van der Waals surface area contributed by atoms with E-state index in [1.165, 1.54) is 11.3 Å². The van der Waals surface area contributed by atoms with Gasteiger partial charge in [0.25, 0.3) is 0 Å². The van der Waals surface area contributed by atoms with E-state index in [9.17, 15) is 9.90 Å². The van der Waals surface area contributed by atoms with Gasteiger partial charge in [0.1, 0.15) is 18.4 Å². The Morgan fingerprint density at radius 1 is 1.09 bits per heavy atom. The monoisotopic (exact) mass is 455 g/mol. The van der Waals surface area contributed by atoms with E-state index >= 15 is 0 Å². The molecule has 170 valence electrons. The highest BCUT2D eigenvalue weighted by Gasteiger charge is 2.38. The number of carbonyl (C=O) groups is 1. The fourth-order valence-corrected chi connectivity index (χ4v) is 5.63. The van der Waals surface area contributed by atoms with Crippen LogP contribution in [0.4, 0.5) is 5.82 Å². The molecule has 3 heterocycles. The van der Waals surface area contributed by atoms with Crippen molar-refractivity contribution in [3.05, 3.63) is 52.4 Å². The number of nitrogens with zero attached hydrogens (tertiary/aromatic N) is 4. The number of fused-ring (bicyclic) bond motifs is 1. The molecule has 1 aliphatic carbocycles. The lowest BCUT2D eigenvalue weighted by Gasteiger charge is -2.42. The van der Waals surface area contributed by atoms with E-state index in [0.29, 0.717) is 17.4 Å². The number of aliphatic hydroxyl groups is 1. The Hall–Kier alpha value is -2.22. The van der Waals surface area contributed by atoms with Crippen LogP contribution < -0.4 is 10.2 Å². The van der Waals surface area contributed by atoms with Crippen molar-refractivity contribution < 1.29 is 9.90 Å². The largest absolute Gasteiger partial charge is 0.378 e. The second-order valence-electron chi connectivity index (χ2n) is 9.22. The number of aromatic nitrogens is 2. The molecule has 1 aromatic heterocycles. The molecule has 0 radical (unpaired) electrons. The molecule has 0 bridgehead atoms. The zero-order valence-corrected chi connectivity index (χ0v) is 19.1. The first kappa shape index (κ1) is 21.6. The number of hydrogen-bond acceptors (Lipinski definition) is 6. The van der Waals surface area contributed by atoms with Gasteiger partial charge in [0.2, 0.25) is 5.91 Å². The summed E-state index contributed by atoms with van der Waals surface area (Å²) in [5.74, 6) is 1.41. The van der Waals surface area contributed by atoms with Crippen LogP contribution in [-0.2, 0) is 11.2 Å². The van der Waals surface area contributed by atoms with Crippen molar-refractivity contribution in [2.45, 2.75) is 56.7 Å². The molecular formula is C24H30ClN5O2. The summed E-state index contributed by atoms with van der Waals surface area (Å²) >= 11 is 6.09. The summed E-state index contributed by atoms with van der Waals surface area (Å²) in [6, 6.07) is 7.54. The number of amides is 1. The summed E-state index contributed by atoms with van der Waals surface area (Å²) in [5.41, 5.74) is 3.48. The molecule has 1 amide bonds. The third-order valence-corrected chi connectivity index (χ3v) is 7.53. The molecule has 8 heteroatoms. The minimum Gasteiger partial charge on any atom is -0.378 e. The standard InChI is InChI=1S/C24H30ClN5O2/c1-15-2-7-18-21(15)23(27-14-26-18)29-10-12-30(13-11-29)24(32)22(19-8-9-20(31)28-19)16-3-5-17(25)6-4-16/h3-6,14-15,19,22,24,32H,2,7-13H2,1H3,(H,28,31)/t15-,19-,22?,24?/m1/s1. The molecule has 2 N–H and O–H groups in total. The van der Waals surface area contributed by atoms with Crippen molar-refractivity contribution >= 4 is 23.3 Å². The van der Waals surface area contributed by atoms with E-state index < -0.39 is 6.23 Å². The Morgan fingerprint density at radius 3 is 2.53 bits per heavy atom. The molecule has 0 saturated carbocycles. The van der Waals surface area contributed by atoms with Crippen LogP contribution >= 0.6 is 11.6 Å². The minimum absolute atomic E-state index is 0.0534. The van der Waals surface area contributed by atoms with Gasteiger partial charge in [-0.15, -0.1) is 0 Å². The van der Waals surface area contributed by atoms with Gasteiger partial charge in [-0.2, -0.15) is 0 Å². The minimum atomic E-state index is -0.684. The molecule has 7 nitrogen and oxygen atoms in total. The smallest absolute Gasteiger partial charge is 0.220 e. The number of carbonyl (C=O) groups excluding carboxylic acids is 1. The van der Waals surface area contributed by atoms with Gasteiger partial charge in [0.15, 0.2) is 0 Å². The van der Waals surface area contributed by atoms with Crippen LogP contribution in [-0.4, -0.2) is 64.3 Å². The third-order valence-electron chi connectivity index (χ3n) is 7.28. The lowest BCUT2D eigenvalue weighted by molar-refractivity contribution is -0.119. The quantitative estimate of drug-likeness (QED) is 0.721. The first-order valence-corrected chi connectivity index (χ1v) is 11.9. The summed E-state index contributed by atoms with van der Waals surface area (Å²) in [6.45, 7) is 5.33. The SMILES string of the molecule is C[C@@H]1CCc2ncnc(N3CCN(C(O)C(c4ccc(Cl)cc4)[C@H]4CCC(=O)N4)CC3)c21. The zero-order valence-electron chi connectivity index (χ0n) is 18.4. The average Bonchev–Trinajstić information content (AvgIpc) is 3.41. The van der Waals surface area contributed by atoms with Crippen molar-refractivity contribution in [1.82, 2.24) is 20.2 Å². The van der Waals surface area contributed by atoms with Crippen molar-refractivity contribution in [3.8, 4) is 0 Å². The topological polar surface area (TPSA) is 81.6 Å². The van der Waals surface area contributed by atoms with Crippen molar-refractivity contribution in [1.29, 1.82) is 0 Å². The van der Waals surface area contributed by atoms with Crippen molar-refractivity contribution in [2.75, 3.05) is 31.1 Å². The summed E-state index contributed by atoms with van der Waals surface area (Å²) in [7, 11) is 0. The fourth-order valence-electron chi connectivity index (χ4n) is 5.50. The number of piperazine rings is 1. The number of aryl methyl sites for hydroxylation is 1. The molecule has 5 rings (SSSR count). The summed E-state index contributed by atoms with van der Waals surface area (Å²) in [4.78, 5) is 25.5. The predicted molar refractivity (Wildman–Crippen MR) is 124 cm³/mol. The molecule has 2 aromatic rings. The highest BCUT2D eigenvalue weighted by atomic mass is 35.5. The number of rotatable bonds is 5. The van der Waals surface area contributed by atoms with Crippen LogP contribution in [0.5, 0.6) is 0 Å². The highest BCUT2D eigenvalue weighted by Crippen LogP contribution is 2.38. The molecule has 2 aliphatic heterocycles. The Morgan fingerprint density at radius 2 is 1.84 bits per heavy atom. The Bertz CT molecular complexity index is 977. The van der Waals surface area contributed by atoms with Crippen molar-refractivity contribution in [3.63, 3.8) is 0 Å². The van der Waals surface area contributed by atoms with Gasteiger partial charge in [0.05, 0.1) is 0 Å². The van der Waals surface area contributed by atoms with Crippen LogP contribution in [0, 0.1) is 0 Å². The molecule has 32 heavy (non-hydrogen) atoms. The summed E-state index contributed by atoms with van der Waals surface area (Å²) in [6.07, 6.45) is 4.40. The van der Waals surface area contributed by atoms with Gasteiger partial charge in [0, 0.05) is 60.8 Å². The zero-order chi connectivity index (χ0) is 22.2. The molecule has 2 saturated heterocycles. The lowest BCUT2D eigenvalue weighted by Crippen LogP contribution is -2.54.